The zero-order chi connectivity index (χ0) is 16.3. The van der Waals surface area contributed by atoms with E-state index < -0.39 is 11.7 Å². The van der Waals surface area contributed by atoms with Crippen molar-refractivity contribution in [1.29, 1.82) is 0 Å². The van der Waals surface area contributed by atoms with Gasteiger partial charge >= 0.3 is 6.18 Å². The van der Waals surface area contributed by atoms with E-state index in [1.807, 2.05) is 30.3 Å². The number of halogens is 4. The van der Waals surface area contributed by atoms with Gasteiger partial charge in [-0.25, -0.2) is 0 Å². The summed E-state index contributed by atoms with van der Waals surface area (Å²) in [5.41, 5.74) is 1.65. The summed E-state index contributed by atoms with van der Waals surface area (Å²) in [4.78, 5) is 4.04. The molecule has 0 bridgehead atoms. The van der Waals surface area contributed by atoms with Gasteiger partial charge in [-0.2, -0.15) is 13.2 Å². The highest BCUT2D eigenvalue weighted by atomic mass is 35.5. The summed E-state index contributed by atoms with van der Waals surface area (Å²) in [5.74, 6) is 0. The molecule has 0 aliphatic carbocycles. The monoisotopic (exact) mass is 352 g/mol. The minimum atomic E-state index is -4.35. The SMILES string of the molecule is Cl.FC(F)(F)c1ccc2c(NCCc3ccccc3)ccnc2c1. The first kappa shape index (κ1) is 18.1. The minimum absolute atomic E-state index is 0. The van der Waals surface area contributed by atoms with Gasteiger partial charge in [0.25, 0.3) is 0 Å². The lowest BCUT2D eigenvalue weighted by molar-refractivity contribution is -0.137. The third kappa shape index (κ3) is 4.17. The molecule has 0 aliphatic heterocycles. The Labute approximate surface area is 144 Å². The normalized spacial score (nSPS) is 11.1. The second-order valence-electron chi connectivity index (χ2n) is 5.25. The van der Waals surface area contributed by atoms with Crippen molar-refractivity contribution in [1.82, 2.24) is 4.98 Å². The highest BCUT2D eigenvalue weighted by molar-refractivity contribution is 5.91. The average molecular weight is 353 g/mol. The molecule has 0 saturated carbocycles. The molecule has 3 aromatic rings. The summed E-state index contributed by atoms with van der Waals surface area (Å²) >= 11 is 0. The van der Waals surface area contributed by atoms with Crippen LogP contribution >= 0.6 is 12.4 Å². The maximum absolute atomic E-state index is 12.8. The number of nitrogens with zero attached hydrogens (tertiary/aromatic N) is 1. The van der Waals surface area contributed by atoms with Crippen molar-refractivity contribution in [3.05, 3.63) is 71.9 Å². The van der Waals surface area contributed by atoms with Gasteiger partial charge in [0.15, 0.2) is 0 Å². The fourth-order valence-corrected chi connectivity index (χ4v) is 2.46. The number of alkyl halides is 3. The van der Waals surface area contributed by atoms with Crippen molar-refractivity contribution in [3.8, 4) is 0 Å². The smallest absolute Gasteiger partial charge is 0.384 e. The van der Waals surface area contributed by atoms with Crippen LogP contribution in [-0.4, -0.2) is 11.5 Å². The van der Waals surface area contributed by atoms with Crippen molar-refractivity contribution in [2.75, 3.05) is 11.9 Å². The predicted octanol–water partition coefficient (Wildman–Crippen LogP) is 5.33. The lowest BCUT2D eigenvalue weighted by atomic mass is 10.1. The average Bonchev–Trinajstić information content (AvgIpc) is 2.55. The maximum atomic E-state index is 12.8. The topological polar surface area (TPSA) is 24.9 Å². The van der Waals surface area contributed by atoms with E-state index in [1.165, 1.54) is 17.8 Å². The number of benzene rings is 2. The number of anilines is 1. The van der Waals surface area contributed by atoms with Crippen molar-refractivity contribution in [3.63, 3.8) is 0 Å². The van der Waals surface area contributed by atoms with Gasteiger partial charge in [0.05, 0.1) is 11.1 Å². The van der Waals surface area contributed by atoms with E-state index in [0.717, 1.165) is 24.2 Å². The molecule has 0 fully saturated rings. The Kier molecular flexibility index (Phi) is 5.67. The Balaban J connectivity index is 0.00000208. The third-order valence-electron chi connectivity index (χ3n) is 3.64. The molecular formula is C18H16ClF3N2. The fraction of sp³-hybridized carbons (Fsp3) is 0.167. The minimum Gasteiger partial charge on any atom is -0.384 e. The second-order valence-corrected chi connectivity index (χ2v) is 5.25. The quantitative estimate of drug-likeness (QED) is 0.686. The zero-order valence-electron chi connectivity index (χ0n) is 12.7. The first-order valence-corrected chi connectivity index (χ1v) is 7.28. The molecule has 0 aliphatic rings. The molecular weight excluding hydrogens is 337 g/mol. The van der Waals surface area contributed by atoms with Crippen molar-refractivity contribution in [2.45, 2.75) is 12.6 Å². The molecule has 3 rings (SSSR count). The van der Waals surface area contributed by atoms with Crippen LogP contribution in [0.1, 0.15) is 11.1 Å². The highest BCUT2D eigenvalue weighted by Gasteiger charge is 2.30. The fourth-order valence-electron chi connectivity index (χ4n) is 2.46. The van der Waals surface area contributed by atoms with Gasteiger partial charge in [-0.15, -0.1) is 12.4 Å². The Bertz CT molecular complexity index is 804. The third-order valence-corrected chi connectivity index (χ3v) is 3.64. The lowest BCUT2D eigenvalue weighted by Crippen LogP contribution is -2.07. The molecule has 2 aromatic carbocycles. The zero-order valence-corrected chi connectivity index (χ0v) is 13.5. The Hall–Kier alpha value is -2.27. The first-order valence-electron chi connectivity index (χ1n) is 7.28. The summed E-state index contributed by atoms with van der Waals surface area (Å²) in [6.45, 7) is 0.699. The molecule has 1 heterocycles. The molecule has 0 amide bonds. The van der Waals surface area contributed by atoms with Gasteiger partial charge < -0.3 is 5.32 Å². The van der Waals surface area contributed by atoms with Gasteiger partial charge in [0.1, 0.15) is 0 Å². The number of nitrogens with one attached hydrogen (secondary N) is 1. The van der Waals surface area contributed by atoms with E-state index in [-0.39, 0.29) is 12.4 Å². The molecule has 0 radical (unpaired) electrons. The number of fused-ring (bicyclic) bond motifs is 1. The Morgan fingerprint density at radius 1 is 0.958 bits per heavy atom. The van der Waals surface area contributed by atoms with E-state index in [1.54, 1.807) is 6.07 Å². The molecule has 0 atom stereocenters. The highest BCUT2D eigenvalue weighted by Crippen LogP contribution is 2.32. The van der Waals surface area contributed by atoms with E-state index in [4.69, 9.17) is 0 Å². The molecule has 0 spiro atoms. The Morgan fingerprint density at radius 3 is 2.42 bits per heavy atom. The lowest BCUT2D eigenvalue weighted by Gasteiger charge is -2.11. The van der Waals surface area contributed by atoms with E-state index in [0.29, 0.717) is 17.4 Å². The molecule has 2 nitrogen and oxygen atoms in total. The summed E-state index contributed by atoms with van der Waals surface area (Å²) in [6.07, 6.45) is -1.99. The van der Waals surface area contributed by atoms with Crippen LogP contribution in [0.15, 0.2) is 60.8 Å². The summed E-state index contributed by atoms with van der Waals surface area (Å²) in [6, 6.07) is 15.4. The van der Waals surface area contributed by atoms with Crippen molar-refractivity contribution >= 4 is 29.0 Å². The number of pyridine rings is 1. The largest absolute Gasteiger partial charge is 0.416 e. The predicted molar refractivity (Wildman–Crippen MR) is 92.6 cm³/mol. The van der Waals surface area contributed by atoms with Crippen LogP contribution in [0.25, 0.3) is 10.9 Å². The van der Waals surface area contributed by atoms with Crippen LogP contribution in [0.3, 0.4) is 0 Å². The van der Waals surface area contributed by atoms with Gasteiger partial charge in [-0.3, -0.25) is 4.98 Å². The van der Waals surface area contributed by atoms with Crippen LogP contribution in [0.2, 0.25) is 0 Å². The van der Waals surface area contributed by atoms with Crippen LogP contribution in [0, 0.1) is 0 Å². The number of hydrogen-bond acceptors (Lipinski definition) is 2. The molecule has 1 N–H and O–H groups in total. The number of hydrogen-bond donors (Lipinski definition) is 1. The van der Waals surface area contributed by atoms with Gasteiger partial charge in [-0.1, -0.05) is 36.4 Å². The molecule has 0 unspecified atom stereocenters. The standard InChI is InChI=1S/C18H15F3N2.ClH/c19-18(20,21)14-6-7-15-16(9-11-23-17(15)12-14)22-10-8-13-4-2-1-3-5-13;/h1-7,9,11-12H,8,10H2,(H,22,23);1H. The van der Waals surface area contributed by atoms with Crippen LogP contribution < -0.4 is 5.32 Å². The molecule has 6 heteroatoms. The van der Waals surface area contributed by atoms with Gasteiger partial charge in [0, 0.05) is 23.8 Å². The van der Waals surface area contributed by atoms with Gasteiger partial charge in [0.2, 0.25) is 0 Å². The number of rotatable bonds is 4. The van der Waals surface area contributed by atoms with Crippen LogP contribution in [-0.2, 0) is 12.6 Å². The summed E-state index contributed by atoms with van der Waals surface area (Å²) in [7, 11) is 0. The molecule has 126 valence electrons. The Morgan fingerprint density at radius 2 is 1.71 bits per heavy atom. The summed E-state index contributed by atoms with van der Waals surface area (Å²) in [5, 5.41) is 3.96. The van der Waals surface area contributed by atoms with Crippen molar-refractivity contribution in [2.24, 2.45) is 0 Å². The molecule has 0 saturated heterocycles. The van der Waals surface area contributed by atoms with Crippen LogP contribution in [0.4, 0.5) is 18.9 Å². The molecule has 1 aromatic heterocycles. The van der Waals surface area contributed by atoms with E-state index in [9.17, 15) is 13.2 Å². The second kappa shape index (κ2) is 7.53. The number of aromatic nitrogens is 1. The summed E-state index contributed by atoms with van der Waals surface area (Å²) < 4.78 is 38.3. The first-order chi connectivity index (χ1) is 11.0. The van der Waals surface area contributed by atoms with E-state index in [2.05, 4.69) is 10.3 Å². The van der Waals surface area contributed by atoms with E-state index >= 15 is 0 Å². The van der Waals surface area contributed by atoms with Gasteiger partial charge in [-0.05, 0) is 30.2 Å². The maximum Gasteiger partial charge on any atom is 0.416 e. The molecule has 24 heavy (non-hydrogen) atoms. The van der Waals surface area contributed by atoms with Crippen molar-refractivity contribution < 1.29 is 13.2 Å². The van der Waals surface area contributed by atoms with Crippen LogP contribution in [0.5, 0.6) is 0 Å².